The van der Waals surface area contributed by atoms with Crippen molar-refractivity contribution in [1.29, 1.82) is 0 Å². The van der Waals surface area contributed by atoms with Crippen LogP contribution in [0.4, 0.5) is 0 Å². The zero-order valence-corrected chi connectivity index (χ0v) is 14.5. The number of aryl methyl sites for hydroxylation is 1. The molecule has 1 N–H and O–H groups in total. The lowest BCUT2D eigenvalue weighted by Gasteiger charge is -2.35. The Kier molecular flexibility index (Phi) is 5.93. The molecule has 1 fully saturated rings. The number of carbonyl (C=O) groups excluding carboxylic acids is 1. The summed E-state index contributed by atoms with van der Waals surface area (Å²) in [6, 6.07) is 5.46. The van der Waals surface area contributed by atoms with Crippen LogP contribution in [0.5, 0.6) is 0 Å². The molecule has 0 saturated carbocycles. The molecule has 2 aromatic rings. The molecule has 0 spiro atoms. The van der Waals surface area contributed by atoms with Gasteiger partial charge in [0.25, 0.3) is 0 Å². The quantitative estimate of drug-likeness (QED) is 0.808. The van der Waals surface area contributed by atoms with E-state index < -0.39 is 5.97 Å². The fourth-order valence-electron chi connectivity index (χ4n) is 3.23. The normalized spacial score (nSPS) is 17.2. The first-order chi connectivity index (χ1) is 12.6. The van der Waals surface area contributed by atoms with Gasteiger partial charge in [0.05, 0.1) is 0 Å². The number of pyridine rings is 1. The molecular formula is C18H22N4O4. The first-order valence-electron chi connectivity index (χ1n) is 8.89. The summed E-state index contributed by atoms with van der Waals surface area (Å²) >= 11 is 0. The third kappa shape index (κ3) is 4.65. The van der Waals surface area contributed by atoms with Crippen molar-refractivity contribution >= 4 is 11.9 Å². The van der Waals surface area contributed by atoms with Crippen molar-refractivity contribution in [2.45, 2.75) is 51.0 Å². The molecule has 1 aliphatic rings. The number of carbonyl (C=O) groups is 2. The standard InChI is InChI=1S/C18H22N4O4/c23-16(22-12-4-2-5-13(22)7-10-17(24)25)9-8-15-20-18(21-26-15)14-6-1-3-11-19-14/h1,3,6,11,13H,2,4-5,7-10,12H2,(H,24,25). The topological polar surface area (TPSA) is 109 Å². The van der Waals surface area contributed by atoms with Gasteiger partial charge < -0.3 is 14.5 Å². The van der Waals surface area contributed by atoms with Crippen LogP contribution in [0.2, 0.25) is 0 Å². The number of carboxylic acid groups (broad SMARTS) is 1. The average molecular weight is 358 g/mol. The SMILES string of the molecule is O=C(O)CCC1CCCCN1C(=O)CCc1nc(-c2ccccn2)no1. The van der Waals surface area contributed by atoms with Gasteiger partial charge in [0.2, 0.25) is 17.6 Å². The summed E-state index contributed by atoms with van der Waals surface area (Å²) in [5.41, 5.74) is 0.624. The molecule has 8 nitrogen and oxygen atoms in total. The van der Waals surface area contributed by atoms with E-state index in [1.54, 1.807) is 12.3 Å². The lowest BCUT2D eigenvalue weighted by atomic mass is 9.97. The zero-order chi connectivity index (χ0) is 18.4. The highest BCUT2D eigenvalue weighted by molar-refractivity contribution is 5.77. The van der Waals surface area contributed by atoms with Crippen LogP contribution in [0.3, 0.4) is 0 Å². The molecule has 0 radical (unpaired) electrons. The van der Waals surface area contributed by atoms with Gasteiger partial charge in [0, 0.05) is 38.0 Å². The fourth-order valence-corrected chi connectivity index (χ4v) is 3.23. The van der Waals surface area contributed by atoms with Crippen molar-refractivity contribution in [3.63, 3.8) is 0 Å². The van der Waals surface area contributed by atoms with Crippen LogP contribution in [0.25, 0.3) is 11.5 Å². The first-order valence-corrected chi connectivity index (χ1v) is 8.89. The third-order valence-electron chi connectivity index (χ3n) is 4.55. The van der Waals surface area contributed by atoms with E-state index in [1.807, 2.05) is 17.0 Å². The van der Waals surface area contributed by atoms with E-state index in [9.17, 15) is 9.59 Å². The highest BCUT2D eigenvalue weighted by atomic mass is 16.5. The first kappa shape index (κ1) is 18.0. The molecule has 1 aliphatic heterocycles. The molecular weight excluding hydrogens is 336 g/mol. The zero-order valence-electron chi connectivity index (χ0n) is 14.5. The Hall–Kier alpha value is -2.77. The fraction of sp³-hybridized carbons (Fsp3) is 0.500. The summed E-state index contributed by atoms with van der Waals surface area (Å²) in [7, 11) is 0. The number of hydrogen-bond donors (Lipinski definition) is 1. The number of likely N-dealkylation sites (tertiary alicyclic amines) is 1. The molecule has 138 valence electrons. The predicted molar refractivity (Wildman–Crippen MR) is 92.1 cm³/mol. The Morgan fingerprint density at radius 1 is 1.27 bits per heavy atom. The van der Waals surface area contributed by atoms with Gasteiger partial charge in [-0.05, 0) is 37.8 Å². The van der Waals surface area contributed by atoms with Gasteiger partial charge in [-0.3, -0.25) is 14.6 Å². The summed E-state index contributed by atoms with van der Waals surface area (Å²) in [5, 5.41) is 12.8. The van der Waals surface area contributed by atoms with Crippen LogP contribution in [0.1, 0.15) is 44.4 Å². The van der Waals surface area contributed by atoms with Gasteiger partial charge in [-0.1, -0.05) is 11.2 Å². The largest absolute Gasteiger partial charge is 0.481 e. The summed E-state index contributed by atoms with van der Waals surface area (Å²) in [5.74, 6) is -0.00277. The maximum absolute atomic E-state index is 12.6. The van der Waals surface area contributed by atoms with E-state index in [0.717, 1.165) is 19.3 Å². The van der Waals surface area contributed by atoms with Crippen LogP contribution >= 0.6 is 0 Å². The second kappa shape index (κ2) is 8.55. The van der Waals surface area contributed by atoms with Crippen molar-refractivity contribution in [2.24, 2.45) is 0 Å². The summed E-state index contributed by atoms with van der Waals surface area (Å²) in [6.07, 6.45) is 5.74. The maximum atomic E-state index is 12.6. The Morgan fingerprint density at radius 3 is 2.92 bits per heavy atom. The highest BCUT2D eigenvalue weighted by Gasteiger charge is 2.27. The number of amides is 1. The minimum Gasteiger partial charge on any atom is -0.481 e. The van der Waals surface area contributed by atoms with Gasteiger partial charge in [-0.15, -0.1) is 0 Å². The number of piperidine rings is 1. The summed E-state index contributed by atoms with van der Waals surface area (Å²) in [6.45, 7) is 0.687. The van der Waals surface area contributed by atoms with E-state index in [1.165, 1.54) is 0 Å². The van der Waals surface area contributed by atoms with Crippen LogP contribution in [0.15, 0.2) is 28.9 Å². The minimum absolute atomic E-state index is 0.0117. The van der Waals surface area contributed by atoms with Crippen molar-refractivity contribution in [3.05, 3.63) is 30.3 Å². The average Bonchev–Trinajstić information content (AvgIpc) is 3.14. The number of hydrogen-bond acceptors (Lipinski definition) is 6. The molecule has 0 aromatic carbocycles. The molecule has 0 aliphatic carbocycles. The number of rotatable bonds is 7. The van der Waals surface area contributed by atoms with E-state index in [-0.39, 0.29) is 24.8 Å². The third-order valence-corrected chi connectivity index (χ3v) is 4.55. The van der Waals surface area contributed by atoms with Gasteiger partial charge >= 0.3 is 5.97 Å². The summed E-state index contributed by atoms with van der Waals surface area (Å²) < 4.78 is 5.21. The van der Waals surface area contributed by atoms with Crippen LogP contribution < -0.4 is 0 Å². The van der Waals surface area contributed by atoms with Crippen molar-refractivity contribution in [1.82, 2.24) is 20.0 Å². The van der Waals surface area contributed by atoms with Gasteiger partial charge in [-0.25, -0.2) is 0 Å². The maximum Gasteiger partial charge on any atom is 0.303 e. The Labute approximate surface area is 151 Å². The van der Waals surface area contributed by atoms with Gasteiger partial charge in [0.1, 0.15) is 5.69 Å². The second-order valence-corrected chi connectivity index (χ2v) is 6.40. The molecule has 1 amide bonds. The molecule has 2 aromatic heterocycles. The van der Waals surface area contributed by atoms with Gasteiger partial charge in [-0.2, -0.15) is 4.98 Å². The summed E-state index contributed by atoms with van der Waals surface area (Å²) in [4.78, 5) is 33.7. The lowest BCUT2D eigenvalue weighted by Crippen LogP contribution is -2.44. The molecule has 1 saturated heterocycles. The Balaban J connectivity index is 1.56. The lowest BCUT2D eigenvalue weighted by molar-refractivity contribution is -0.140. The van der Waals surface area contributed by atoms with Gasteiger partial charge in [0.15, 0.2) is 0 Å². The highest BCUT2D eigenvalue weighted by Crippen LogP contribution is 2.22. The Bertz CT molecular complexity index is 747. The van der Waals surface area contributed by atoms with Crippen molar-refractivity contribution < 1.29 is 19.2 Å². The smallest absolute Gasteiger partial charge is 0.303 e. The molecule has 1 atom stereocenters. The van der Waals surface area contributed by atoms with E-state index in [4.69, 9.17) is 9.63 Å². The molecule has 3 rings (SSSR count). The molecule has 0 bridgehead atoms. The number of nitrogens with zero attached hydrogens (tertiary/aromatic N) is 4. The second-order valence-electron chi connectivity index (χ2n) is 6.40. The van der Waals surface area contributed by atoms with Crippen molar-refractivity contribution in [3.8, 4) is 11.5 Å². The Morgan fingerprint density at radius 2 is 2.15 bits per heavy atom. The van der Waals surface area contributed by atoms with E-state index in [0.29, 0.717) is 36.8 Å². The van der Waals surface area contributed by atoms with E-state index >= 15 is 0 Å². The minimum atomic E-state index is -0.823. The predicted octanol–water partition coefficient (Wildman–Crippen LogP) is 2.31. The van der Waals surface area contributed by atoms with Crippen LogP contribution in [-0.2, 0) is 16.0 Å². The molecule has 1 unspecified atom stereocenters. The molecule has 3 heterocycles. The number of aromatic nitrogens is 3. The molecule has 26 heavy (non-hydrogen) atoms. The molecule has 8 heteroatoms. The van der Waals surface area contributed by atoms with Crippen LogP contribution in [0, 0.1) is 0 Å². The number of aliphatic carboxylic acids is 1. The van der Waals surface area contributed by atoms with Crippen molar-refractivity contribution in [2.75, 3.05) is 6.54 Å². The number of carboxylic acids is 1. The monoisotopic (exact) mass is 358 g/mol. The van der Waals surface area contributed by atoms with Crippen LogP contribution in [-0.4, -0.2) is 49.6 Å². The van der Waals surface area contributed by atoms with E-state index in [2.05, 4.69) is 15.1 Å².